The minimum Gasteiger partial charge on any atom is -0.462 e. The standard InChI is InChI=1S/C9H8O2/c1-2-4-7-6(3-1)5-8-9(10-7)11-8/h1-4,8-9H,5H2. The van der Waals surface area contributed by atoms with Crippen molar-refractivity contribution in [3.63, 3.8) is 0 Å². The molecule has 2 heteroatoms. The number of fused-ring (bicyclic) bond motifs is 2. The first-order chi connectivity index (χ1) is 5.43. The van der Waals surface area contributed by atoms with E-state index in [4.69, 9.17) is 9.47 Å². The Morgan fingerprint density at radius 2 is 2.18 bits per heavy atom. The fraction of sp³-hybridized carbons (Fsp3) is 0.333. The third kappa shape index (κ3) is 0.761. The van der Waals surface area contributed by atoms with Gasteiger partial charge in [-0.3, -0.25) is 0 Å². The second-order valence-electron chi connectivity index (χ2n) is 2.97. The molecule has 0 bridgehead atoms. The molecule has 2 aliphatic rings. The van der Waals surface area contributed by atoms with Crippen molar-refractivity contribution in [3.05, 3.63) is 29.8 Å². The van der Waals surface area contributed by atoms with E-state index < -0.39 is 0 Å². The summed E-state index contributed by atoms with van der Waals surface area (Å²) >= 11 is 0. The molecule has 2 unspecified atom stereocenters. The van der Waals surface area contributed by atoms with Gasteiger partial charge in [0.2, 0.25) is 6.29 Å². The number of hydrogen-bond donors (Lipinski definition) is 0. The molecule has 1 aromatic carbocycles. The maximum Gasteiger partial charge on any atom is 0.227 e. The zero-order valence-electron chi connectivity index (χ0n) is 5.99. The third-order valence-electron chi connectivity index (χ3n) is 2.17. The van der Waals surface area contributed by atoms with Crippen LogP contribution in [-0.2, 0) is 11.2 Å². The molecule has 11 heavy (non-hydrogen) atoms. The summed E-state index contributed by atoms with van der Waals surface area (Å²) in [7, 11) is 0. The smallest absolute Gasteiger partial charge is 0.227 e. The number of hydrogen-bond acceptors (Lipinski definition) is 2. The predicted octanol–water partition coefficient (Wildman–Crippen LogP) is 1.35. The lowest BCUT2D eigenvalue weighted by atomic mass is 10.1. The Bertz CT molecular complexity index is 266. The fourth-order valence-electron chi connectivity index (χ4n) is 1.50. The van der Waals surface area contributed by atoms with Gasteiger partial charge < -0.3 is 9.47 Å². The molecule has 1 fully saturated rings. The van der Waals surface area contributed by atoms with Crippen LogP contribution in [0.25, 0.3) is 0 Å². The van der Waals surface area contributed by atoms with Gasteiger partial charge in [-0.05, 0) is 11.6 Å². The maximum atomic E-state index is 5.48. The lowest BCUT2D eigenvalue weighted by Crippen LogP contribution is -2.12. The van der Waals surface area contributed by atoms with Crippen LogP contribution in [0.2, 0.25) is 0 Å². The first kappa shape index (κ1) is 5.61. The Morgan fingerprint density at radius 3 is 3.18 bits per heavy atom. The van der Waals surface area contributed by atoms with Crippen molar-refractivity contribution in [3.8, 4) is 5.75 Å². The Hall–Kier alpha value is -1.02. The summed E-state index contributed by atoms with van der Waals surface area (Å²) < 4.78 is 10.7. The zero-order chi connectivity index (χ0) is 7.26. The second kappa shape index (κ2) is 1.77. The lowest BCUT2D eigenvalue weighted by Gasteiger charge is -2.11. The number of benzene rings is 1. The molecule has 0 aliphatic carbocycles. The molecule has 1 saturated heterocycles. The molecule has 2 heterocycles. The van der Waals surface area contributed by atoms with Crippen molar-refractivity contribution < 1.29 is 9.47 Å². The summed E-state index contributed by atoms with van der Waals surface area (Å²) in [6.07, 6.45) is 1.41. The number of ether oxygens (including phenoxy) is 2. The van der Waals surface area contributed by atoms with E-state index in [0.717, 1.165) is 12.2 Å². The second-order valence-corrected chi connectivity index (χ2v) is 2.97. The summed E-state index contributed by atoms with van der Waals surface area (Å²) in [4.78, 5) is 0. The third-order valence-corrected chi connectivity index (χ3v) is 2.17. The molecular formula is C9H8O2. The minimum atomic E-state index is 0.0601. The van der Waals surface area contributed by atoms with E-state index in [-0.39, 0.29) is 6.29 Å². The van der Waals surface area contributed by atoms with Crippen LogP contribution < -0.4 is 4.74 Å². The number of rotatable bonds is 0. The van der Waals surface area contributed by atoms with Crippen molar-refractivity contribution in [1.29, 1.82) is 0 Å². The highest BCUT2D eigenvalue weighted by Gasteiger charge is 2.45. The molecule has 0 spiro atoms. The summed E-state index contributed by atoms with van der Waals surface area (Å²) in [6.45, 7) is 0. The average molecular weight is 148 g/mol. The highest BCUT2D eigenvalue weighted by atomic mass is 16.8. The minimum absolute atomic E-state index is 0.0601. The zero-order valence-corrected chi connectivity index (χ0v) is 5.99. The van der Waals surface area contributed by atoms with Crippen molar-refractivity contribution in [2.45, 2.75) is 18.8 Å². The van der Waals surface area contributed by atoms with Gasteiger partial charge in [-0.15, -0.1) is 0 Å². The van der Waals surface area contributed by atoms with E-state index in [2.05, 4.69) is 6.07 Å². The quantitative estimate of drug-likeness (QED) is 0.518. The van der Waals surface area contributed by atoms with Gasteiger partial charge in [0.05, 0.1) is 0 Å². The molecule has 2 aliphatic heterocycles. The van der Waals surface area contributed by atoms with Gasteiger partial charge in [0.15, 0.2) is 0 Å². The van der Waals surface area contributed by atoms with E-state index in [1.165, 1.54) is 5.56 Å². The van der Waals surface area contributed by atoms with Gasteiger partial charge in [-0.25, -0.2) is 0 Å². The Labute approximate surface area is 64.7 Å². The molecule has 3 rings (SSSR count). The van der Waals surface area contributed by atoms with Crippen molar-refractivity contribution in [2.24, 2.45) is 0 Å². The molecule has 0 N–H and O–H groups in total. The number of epoxide rings is 1. The Kier molecular flexibility index (Phi) is 0.902. The first-order valence-electron chi connectivity index (χ1n) is 3.83. The van der Waals surface area contributed by atoms with Crippen molar-refractivity contribution >= 4 is 0 Å². The maximum absolute atomic E-state index is 5.48. The van der Waals surface area contributed by atoms with Crippen LogP contribution in [0.4, 0.5) is 0 Å². The topological polar surface area (TPSA) is 21.8 Å². The van der Waals surface area contributed by atoms with E-state index in [1.54, 1.807) is 0 Å². The summed E-state index contributed by atoms with van der Waals surface area (Å²) in [5, 5.41) is 0. The van der Waals surface area contributed by atoms with Crippen LogP contribution in [0.5, 0.6) is 5.75 Å². The van der Waals surface area contributed by atoms with Crippen LogP contribution in [0.15, 0.2) is 24.3 Å². The van der Waals surface area contributed by atoms with Crippen molar-refractivity contribution in [1.82, 2.24) is 0 Å². The molecule has 56 valence electrons. The Balaban J connectivity index is 2.07. The average Bonchev–Trinajstić information content (AvgIpc) is 2.77. The summed E-state index contributed by atoms with van der Waals surface area (Å²) in [5.41, 5.74) is 1.27. The summed E-state index contributed by atoms with van der Waals surface area (Å²) in [5.74, 6) is 0.992. The SMILES string of the molecule is c1ccc2c(c1)CC1OC1O2. The van der Waals surface area contributed by atoms with Crippen LogP contribution in [0.1, 0.15) is 5.56 Å². The molecular weight excluding hydrogens is 140 g/mol. The van der Waals surface area contributed by atoms with Crippen LogP contribution >= 0.6 is 0 Å². The van der Waals surface area contributed by atoms with Gasteiger partial charge in [-0.1, -0.05) is 18.2 Å². The van der Waals surface area contributed by atoms with E-state index in [0.29, 0.717) is 6.10 Å². The van der Waals surface area contributed by atoms with Gasteiger partial charge in [0, 0.05) is 6.42 Å². The molecule has 0 aromatic heterocycles. The molecule has 0 saturated carbocycles. The monoisotopic (exact) mass is 148 g/mol. The largest absolute Gasteiger partial charge is 0.462 e. The predicted molar refractivity (Wildman–Crippen MR) is 39.4 cm³/mol. The van der Waals surface area contributed by atoms with E-state index in [1.807, 2.05) is 18.2 Å². The fourth-order valence-corrected chi connectivity index (χ4v) is 1.50. The van der Waals surface area contributed by atoms with Gasteiger partial charge in [0.25, 0.3) is 0 Å². The summed E-state index contributed by atoms with van der Waals surface area (Å²) in [6, 6.07) is 8.10. The molecule has 2 nitrogen and oxygen atoms in total. The molecule has 0 radical (unpaired) electrons. The van der Waals surface area contributed by atoms with E-state index in [9.17, 15) is 0 Å². The molecule has 0 amide bonds. The van der Waals surface area contributed by atoms with Crippen LogP contribution in [0.3, 0.4) is 0 Å². The normalized spacial score (nSPS) is 31.6. The highest BCUT2D eigenvalue weighted by Crippen LogP contribution is 2.37. The van der Waals surface area contributed by atoms with Crippen LogP contribution in [-0.4, -0.2) is 12.4 Å². The molecule has 2 atom stereocenters. The molecule has 1 aromatic rings. The van der Waals surface area contributed by atoms with Gasteiger partial charge >= 0.3 is 0 Å². The van der Waals surface area contributed by atoms with Crippen LogP contribution in [0, 0.1) is 0 Å². The lowest BCUT2D eigenvalue weighted by molar-refractivity contribution is 0.179. The Morgan fingerprint density at radius 1 is 1.27 bits per heavy atom. The van der Waals surface area contributed by atoms with Crippen molar-refractivity contribution in [2.75, 3.05) is 0 Å². The van der Waals surface area contributed by atoms with E-state index >= 15 is 0 Å². The number of para-hydroxylation sites is 1. The first-order valence-corrected chi connectivity index (χ1v) is 3.83. The van der Waals surface area contributed by atoms with Gasteiger partial charge in [0.1, 0.15) is 11.9 Å². The van der Waals surface area contributed by atoms with Gasteiger partial charge in [-0.2, -0.15) is 0 Å². The highest BCUT2D eigenvalue weighted by molar-refractivity contribution is 5.36.